The van der Waals surface area contributed by atoms with Crippen molar-refractivity contribution in [2.45, 2.75) is 25.3 Å². The number of benzene rings is 1. The Bertz CT molecular complexity index is 428. The van der Waals surface area contributed by atoms with Crippen LogP contribution in [0.3, 0.4) is 0 Å². The maximum atomic E-state index is 8.63. The van der Waals surface area contributed by atoms with Gasteiger partial charge < -0.3 is 10.6 Å². The van der Waals surface area contributed by atoms with Crippen molar-refractivity contribution in [1.82, 2.24) is 4.90 Å². The quantitative estimate of drug-likeness (QED) is 0.633. The molecule has 2 rings (SSSR count). The number of hydrogen-bond donors (Lipinski definition) is 1. The molecule has 88 valence electrons. The van der Waals surface area contributed by atoms with Crippen LogP contribution in [0.2, 0.25) is 0 Å². The number of guanidine groups is 1. The topological polar surface area (TPSA) is 65.4 Å². The lowest BCUT2D eigenvalue weighted by Gasteiger charge is -2.21. The molecule has 1 fully saturated rings. The zero-order chi connectivity index (χ0) is 12.1. The number of nitriles is 1. The minimum Gasteiger partial charge on any atom is -0.369 e. The molecule has 1 aliphatic carbocycles. The highest BCUT2D eigenvalue weighted by Crippen LogP contribution is 2.27. The summed E-state index contributed by atoms with van der Waals surface area (Å²) in [7, 11) is 0. The fourth-order valence-corrected chi connectivity index (χ4v) is 1.74. The van der Waals surface area contributed by atoms with E-state index in [0.29, 0.717) is 25.0 Å². The third-order valence-electron chi connectivity index (χ3n) is 2.75. The van der Waals surface area contributed by atoms with Crippen molar-refractivity contribution in [3.63, 3.8) is 0 Å². The van der Waals surface area contributed by atoms with Gasteiger partial charge in [-0.3, -0.25) is 0 Å². The zero-order valence-electron chi connectivity index (χ0n) is 9.71. The van der Waals surface area contributed by atoms with Gasteiger partial charge in [-0.25, -0.2) is 4.99 Å². The van der Waals surface area contributed by atoms with Gasteiger partial charge in [0, 0.05) is 12.6 Å². The van der Waals surface area contributed by atoms with Gasteiger partial charge in [-0.1, -0.05) is 18.2 Å². The summed E-state index contributed by atoms with van der Waals surface area (Å²) in [6, 6.07) is 12.3. The highest BCUT2D eigenvalue weighted by molar-refractivity contribution is 5.81. The molecule has 0 bridgehead atoms. The van der Waals surface area contributed by atoms with Crippen molar-refractivity contribution in [2.75, 3.05) is 6.54 Å². The minimum atomic E-state index is 0.482. The van der Waals surface area contributed by atoms with Crippen molar-refractivity contribution in [3.8, 4) is 6.07 Å². The second-order valence-corrected chi connectivity index (χ2v) is 4.14. The molecule has 0 heterocycles. The molecule has 1 aromatic carbocycles. The van der Waals surface area contributed by atoms with Crippen molar-refractivity contribution < 1.29 is 0 Å². The normalized spacial score (nSPS) is 15.4. The predicted octanol–water partition coefficient (Wildman–Crippen LogP) is 2.01. The van der Waals surface area contributed by atoms with Gasteiger partial charge in [0.1, 0.15) is 0 Å². The van der Waals surface area contributed by atoms with Gasteiger partial charge in [-0.15, -0.1) is 0 Å². The Labute approximate surface area is 101 Å². The van der Waals surface area contributed by atoms with Crippen molar-refractivity contribution in [3.05, 3.63) is 30.3 Å². The highest BCUT2D eigenvalue weighted by Gasteiger charge is 2.30. The van der Waals surface area contributed by atoms with Crippen LogP contribution in [0.25, 0.3) is 0 Å². The Morgan fingerprint density at radius 1 is 1.41 bits per heavy atom. The molecular formula is C13H16N4. The molecule has 1 aliphatic rings. The Morgan fingerprint density at radius 2 is 2.12 bits per heavy atom. The molecule has 4 heteroatoms. The van der Waals surface area contributed by atoms with Crippen LogP contribution >= 0.6 is 0 Å². The van der Waals surface area contributed by atoms with Gasteiger partial charge in [0.15, 0.2) is 5.96 Å². The molecular weight excluding hydrogens is 212 g/mol. The first kappa shape index (κ1) is 11.5. The molecule has 17 heavy (non-hydrogen) atoms. The molecule has 0 aromatic heterocycles. The standard InChI is InChI=1S/C13H16N4/c14-9-4-10-17(12-7-8-12)13(15)16-11-5-2-1-3-6-11/h1-3,5-6,12H,4,7-8,10H2,(H2,15,16). The zero-order valence-corrected chi connectivity index (χ0v) is 9.71. The Morgan fingerprint density at radius 3 is 2.71 bits per heavy atom. The largest absolute Gasteiger partial charge is 0.369 e. The molecule has 2 N–H and O–H groups in total. The smallest absolute Gasteiger partial charge is 0.196 e. The first-order valence-corrected chi connectivity index (χ1v) is 5.84. The van der Waals surface area contributed by atoms with Gasteiger partial charge in [0.05, 0.1) is 18.2 Å². The number of para-hydroxylation sites is 1. The van der Waals surface area contributed by atoms with Crippen LogP contribution in [0.5, 0.6) is 0 Å². The Hall–Kier alpha value is -2.02. The van der Waals surface area contributed by atoms with Gasteiger partial charge in [0.2, 0.25) is 0 Å². The van der Waals surface area contributed by atoms with E-state index in [0.717, 1.165) is 18.5 Å². The number of nitrogens with zero attached hydrogens (tertiary/aromatic N) is 3. The molecule has 4 nitrogen and oxygen atoms in total. The van der Waals surface area contributed by atoms with Gasteiger partial charge in [0.25, 0.3) is 0 Å². The third-order valence-corrected chi connectivity index (χ3v) is 2.75. The average molecular weight is 228 g/mol. The van der Waals surface area contributed by atoms with Crippen LogP contribution in [0, 0.1) is 11.3 Å². The number of hydrogen-bond acceptors (Lipinski definition) is 2. The lowest BCUT2D eigenvalue weighted by Crippen LogP contribution is -2.39. The maximum Gasteiger partial charge on any atom is 0.196 e. The van der Waals surface area contributed by atoms with E-state index in [-0.39, 0.29) is 0 Å². The molecule has 0 radical (unpaired) electrons. The van der Waals surface area contributed by atoms with Crippen LogP contribution in [0.4, 0.5) is 5.69 Å². The van der Waals surface area contributed by atoms with Crippen LogP contribution in [-0.2, 0) is 0 Å². The summed E-state index contributed by atoms with van der Waals surface area (Å²) in [5.41, 5.74) is 6.85. The highest BCUT2D eigenvalue weighted by atomic mass is 15.3. The van der Waals surface area contributed by atoms with Crippen LogP contribution in [0.1, 0.15) is 19.3 Å². The van der Waals surface area contributed by atoms with Gasteiger partial charge >= 0.3 is 0 Å². The SMILES string of the molecule is N#CCCN(C(N)=Nc1ccccc1)C1CC1. The summed E-state index contributed by atoms with van der Waals surface area (Å²) in [6.45, 7) is 0.670. The Kier molecular flexibility index (Phi) is 3.61. The summed E-state index contributed by atoms with van der Waals surface area (Å²) in [4.78, 5) is 6.42. The van der Waals surface area contributed by atoms with Gasteiger partial charge in [-0.05, 0) is 25.0 Å². The number of aliphatic imine (C=N–C) groups is 1. The maximum absolute atomic E-state index is 8.63. The van der Waals surface area contributed by atoms with Crippen LogP contribution in [-0.4, -0.2) is 23.4 Å². The van der Waals surface area contributed by atoms with E-state index in [4.69, 9.17) is 11.0 Å². The number of rotatable bonds is 4. The second-order valence-electron chi connectivity index (χ2n) is 4.14. The monoisotopic (exact) mass is 228 g/mol. The Balaban J connectivity index is 2.08. The van der Waals surface area contributed by atoms with E-state index in [1.54, 1.807) is 0 Å². The second kappa shape index (κ2) is 5.35. The van der Waals surface area contributed by atoms with E-state index < -0.39 is 0 Å². The van der Waals surface area contributed by atoms with E-state index in [9.17, 15) is 0 Å². The van der Waals surface area contributed by atoms with E-state index in [1.165, 1.54) is 0 Å². The lowest BCUT2D eigenvalue weighted by molar-refractivity contribution is 0.414. The molecule has 1 aromatic rings. The lowest BCUT2D eigenvalue weighted by atomic mass is 10.3. The van der Waals surface area contributed by atoms with E-state index in [2.05, 4.69) is 11.1 Å². The molecule has 0 amide bonds. The fourth-order valence-electron chi connectivity index (χ4n) is 1.74. The van der Waals surface area contributed by atoms with Crippen molar-refractivity contribution >= 4 is 11.6 Å². The molecule has 0 saturated heterocycles. The van der Waals surface area contributed by atoms with Gasteiger partial charge in [-0.2, -0.15) is 5.26 Å². The summed E-state index contributed by atoms with van der Waals surface area (Å²) < 4.78 is 0. The van der Waals surface area contributed by atoms with E-state index in [1.807, 2.05) is 35.2 Å². The third kappa shape index (κ3) is 3.22. The summed E-state index contributed by atoms with van der Waals surface area (Å²) in [5.74, 6) is 0.522. The summed E-state index contributed by atoms with van der Waals surface area (Å²) >= 11 is 0. The van der Waals surface area contributed by atoms with Crippen LogP contribution < -0.4 is 5.73 Å². The summed E-state index contributed by atoms with van der Waals surface area (Å²) in [6.07, 6.45) is 2.79. The van der Waals surface area contributed by atoms with Crippen LogP contribution in [0.15, 0.2) is 35.3 Å². The molecule has 0 aliphatic heterocycles. The van der Waals surface area contributed by atoms with E-state index >= 15 is 0 Å². The fraction of sp³-hybridized carbons (Fsp3) is 0.385. The first-order chi connectivity index (χ1) is 8.31. The van der Waals surface area contributed by atoms with Crippen molar-refractivity contribution in [2.24, 2.45) is 10.7 Å². The van der Waals surface area contributed by atoms with Crippen molar-refractivity contribution in [1.29, 1.82) is 5.26 Å². The molecule has 0 unspecified atom stereocenters. The molecule has 0 atom stereocenters. The summed E-state index contributed by atoms with van der Waals surface area (Å²) in [5, 5.41) is 8.63. The molecule has 1 saturated carbocycles. The minimum absolute atomic E-state index is 0.482. The predicted molar refractivity (Wildman–Crippen MR) is 67.7 cm³/mol. The average Bonchev–Trinajstić information content (AvgIpc) is 3.15. The first-order valence-electron chi connectivity index (χ1n) is 5.84. The molecule has 0 spiro atoms. The number of nitrogens with two attached hydrogens (primary N) is 1.